The smallest absolute Gasteiger partial charge is 0.360 e. The standard InChI is InChI=1S/C15H7F7O2S/c16-6-3-7(17)5-8(4-6)24-10-2-1-9-12(11(10)14(19)20)25(23)15(21,22)13(9)18/h1-5,13-14H/t13-,25?/m0/s1. The van der Waals surface area contributed by atoms with Crippen molar-refractivity contribution >= 4 is 10.8 Å². The summed E-state index contributed by atoms with van der Waals surface area (Å²) in [5, 5.41) is -4.37. The molecule has 0 fully saturated rings. The van der Waals surface area contributed by atoms with Crippen LogP contribution in [-0.2, 0) is 10.8 Å². The summed E-state index contributed by atoms with van der Waals surface area (Å²) in [6.07, 6.45) is -6.45. The Morgan fingerprint density at radius 1 is 1.08 bits per heavy atom. The third-order valence-corrected chi connectivity index (χ3v) is 5.00. The van der Waals surface area contributed by atoms with Crippen LogP contribution in [0.25, 0.3) is 0 Å². The van der Waals surface area contributed by atoms with Crippen molar-refractivity contribution in [3.05, 3.63) is 53.1 Å². The molecule has 1 aliphatic rings. The molecule has 3 rings (SSSR count). The van der Waals surface area contributed by atoms with Gasteiger partial charge in [0.25, 0.3) is 6.43 Å². The van der Waals surface area contributed by atoms with E-state index in [1.54, 1.807) is 0 Å². The maximum atomic E-state index is 13.7. The summed E-state index contributed by atoms with van der Waals surface area (Å²) >= 11 is 0. The number of halogens is 7. The number of hydrogen-bond donors (Lipinski definition) is 0. The SMILES string of the molecule is O=S1c2c(ccc(Oc3cc(F)cc(F)c3)c2C(F)F)[C@H](F)C1(F)F. The maximum absolute atomic E-state index is 13.7. The van der Waals surface area contributed by atoms with Gasteiger partial charge in [-0.3, -0.25) is 0 Å². The Morgan fingerprint density at radius 3 is 2.24 bits per heavy atom. The molecule has 1 aliphatic heterocycles. The number of alkyl halides is 5. The minimum absolute atomic E-state index is 0.507. The van der Waals surface area contributed by atoms with Crippen molar-refractivity contribution in [1.29, 1.82) is 0 Å². The Kier molecular flexibility index (Phi) is 4.26. The quantitative estimate of drug-likeness (QED) is 0.661. The molecule has 25 heavy (non-hydrogen) atoms. The van der Waals surface area contributed by atoms with E-state index in [1.165, 1.54) is 0 Å². The van der Waals surface area contributed by atoms with E-state index >= 15 is 0 Å². The fourth-order valence-corrected chi connectivity index (χ4v) is 3.79. The van der Waals surface area contributed by atoms with E-state index in [2.05, 4.69) is 0 Å². The number of fused-ring (bicyclic) bond motifs is 1. The first-order chi connectivity index (χ1) is 11.6. The van der Waals surface area contributed by atoms with Crippen molar-refractivity contribution in [3.63, 3.8) is 0 Å². The molecule has 0 N–H and O–H groups in total. The number of ether oxygens (including phenoxy) is 1. The predicted octanol–water partition coefficient (Wildman–Crippen LogP) is 5.42. The largest absolute Gasteiger partial charge is 0.457 e. The van der Waals surface area contributed by atoms with Crippen LogP contribution in [0.4, 0.5) is 30.7 Å². The Morgan fingerprint density at radius 2 is 1.68 bits per heavy atom. The first kappa shape index (κ1) is 17.7. The van der Waals surface area contributed by atoms with Gasteiger partial charge in [0.2, 0.25) is 6.17 Å². The van der Waals surface area contributed by atoms with Crippen LogP contribution < -0.4 is 4.74 Å². The van der Waals surface area contributed by atoms with Gasteiger partial charge in [0.15, 0.2) is 0 Å². The second-order valence-electron chi connectivity index (χ2n) is 5.10. The summed E-state index contributed by atoms with van der Waals surface area (Å²) < 4.78 is 111. The summed E-state index contributed by atoms with van der Waals surface area (Å²) in [6, 6.07) is 3.35. The lowest BCUT2D eigenvalue weighted by Gasteiger charge is -2.14. The molecule has 0 saturated carbocycles. The molecule has 2 aromatic rings. The van der Waals surface area contributed by atoms with Gasteiger partial charge >= 0.3 is 5.25 Å². The second kappa shape index (κ2) is 6.01. The Bertz CT molecular complexity index is 849. The zero-order valence-electron chi connectivity index (χ0n) is 11.9. The third-order valence-electron chi connectivity index (χ3n) is 3.47. The first-order valence-corrected chi connectivity index (χ1v) is 7.80. The molecule has 0 aliphatic carbocycles. The van der Waals surface area contributed by atoms with Gasteiger partial charge in [-0.05, 0) is 6.07 Å². The van der Waals surface area contributed by atoms with Crippen molar-refractivity contribution in [2.45, 2.75) is 22.7 Å². The molecule has 1 unspecified atom stereocenters. The lowest BCUT2D eigenvalue weighted by molar-refractivity contribution is 0.0143. The van der Waals surface area contributed by atoms with E-state index in [-0.39, 0.29) is 0 Å². The van der Waals surface area contributed by atoms with Crippen molar-refractivity contribution < 1.29 is 39.7 Å². The monoisotopic (exact) mass is 384 g/mol. The number of rotatable bonds is 3. The van der Waals surface area contributed by atoms with Gasteiger partial charge < -0.3 is 4.74 Å². The molecule has 0 aromatic heterocycles. The van der Waals surface area contributed by atoms with Crippen LogP contribution in [0.3, 0.4) is 0 Å². The molecular formula is C15H7F7O2S. The summed E-state index contributed by atoms with van der Waals surface area (Å²) in [4.78, 5) is -1.07. The lowest BCUT2D eigenvalue weighted by Crippen LogP contribution is -2.22. The van der Waals surface area contributed by atoms with Crippen LogP contribution >= 0.6 is 0 Å². The molecule has 10 heteroatoms. The highest BCUT2D eigenvalue weighted by molar-refractivity contribution is 7.86. The number of benzene rings is 2. The zero-order valence-corrected chi connectivity index (χ0v) is 12.7. The molecule has 134 valence electrons. The molecule has 0 spiro atoms. The normalized spacial score (nSPS) is 21.4. The van der Waals surface area contributed by atoms with Crippen molar-refractivity contribution in [2.24, 2.45) is 0 Å². The Labute approximate surface area is 138 Å². The maximum Gasteiger partial charge on any atom is 0.360 e. The van der Waals surface area contributed by atoms with E-state index in [9.17, 15) is 34.9 Å². The highest BCUT2D eigenvalue weighted by Gasteiger charge is 2.57. The minimum atomic E-state index is -4.37. The van der Waals surface area contributed by atoms with E-state index in [4.69, 9.17) is 4.74 Å². The van der Waals surface area contributed by atoms with Crippen LogP contribution in [-0.4, -0.2) is 9.46 Å². The van der Waals surface area contributed by atoms with Gasteiger partial charge in [-0.1, -0.05) is 6.07 Å². The average Bonchev–Trinajstić information content (AvgIpc) is 2.67. The summed E-state index contributed by atoms with van der Waals surface area (Å²) in [5.41, 5.74) is -2.04. The third kappa shape index (κ3) is 2.88. The van der Waals surface area contributed by atoms with Crippen molar-refractivity contribution in [2.75, 3.05) is 0 Å². The molecular weight excluding hydrogens is 377 g/mol. The first-order valence-electron chi connectivity index (χ1n) is 6.65. The minimum Gasteiger partial charge on any atom is -0.457 e. The predicted molar refractivity (Wildman–Crippen MR) is 73.0 cm³/mol. The molecule has 0 amide bonds. The van der Waals surface area contributed by atoms with E-state index in [1.807, 2.05) is 0 Å². The average molecular weight is 384 g/mol. The fourth-order valence-electron chi connectivity index (χ4n) is 2.43. The lowest BCUT2D eigenvalue weighted by atomic mass is 10.1. The molecule has 2 atom stereocenters. The second-order valence-corrected chi connectivity index (χ2v) is 6.59. The number of hydrogen-bond acceptors (Lipinski definition) is 2. The molecule has 1 heterocycles. The van der Waals surface area contributed by atoms with Gasteiger partial charge in [0, 0.05) is 23.8 Å². The molecule has 2 aromatic carbocycles. The van der Waals surface area contributed by atoms with Crippen LogP contribution in [0.5, 0.6) is 11.5 Å². The Hall–Kier alpha value is -2.10. The van der Waals surface area contributed by atoms with E-state index in [0.29, 0.717) is 18.2 Å². The van der Waals surface area contributed by atoms with Crippen molar-refractivity contribution in [1.82, 2.24) is 0 Å². The molecule has 0 saturated heterocycles. The van der Waals surface area contributed by atoms with Gasteiger partial charge in [-0.15, -0.1) is 0 Å². The zero-order chi connectivity index (χ0) is 18.5. The summed E-state index contributed by atoms with van der Waals surface area (Å²) in [7, 11) is -3.36. The topological polar surface area (TPSA) is 26.3 Å². The van der Waals surface area contributed by atoms with Crippen LogP contribution in [0.1, 0.15) is 23.7 Å². The fraction of sp³-hybridized carbons (Fsp3) is 0.200. The van der Waals surface area contributed by atoms with Crippen LogP contribution in [0.15, 0.2) is 35.2 Å². The van der Waals surface area contributed by atoms with Gasteiger partial charge in [-0.25, -0.2) is 26.2 Å². The van der Waals surface area contributed by atoms with E-state index in [0.717, 1.165) is 12.1 Å². The Balaban J connectivity index is 2.14. The van der Waals surface area contributed by atoms with E-state index < -0.39 is 67.8 Å². The summed E-state index contributed by atoms with van der Waals surface area (Å²) in [5.74, 6) is -3.40. The van der Waals surface area contributed by atoms with Gasteiger partial charge in [-0.2, -0.15) is 8.78 Å². The van der Waals surface area contributed by atoms with Crippen LogP contribution in [0.2, 0.25) is 0 Å². The van der Waals surface area contributed by atoms with Crippen molar-refractivity contribution in [3.8, 4) is 11.5 Å². The molecule has 0 bridgehead atoms. The highest BCUT2D eigenvalue weighted by Crippen LogP contribution is 2.53. The molecule has 0 radical (unpaired) electrons. The highest BCUT2D eigenvalue weighted by atomic mass is 32.2. The van der Waals surface area contributed by atoms with Gasteiger partial charge in [0.1, 0.15) is 33.9 Å². The summed E-state index contributed by atoms with van der Waals surface area (Å²) in [6.45, 7) is 0. The molecule has 2 nitrogen and oxygen atoms in total. The van der Waals surface area contributed by atoms with Gasteiger partial charge in [0.05, 0.1) is 10.5 Å². The van der Waals surface area contributed by atoms with Crippen LogP contribution in [0, 0.1) is 11.6 Å².